The van der Waals surface area contributed by atoms with E-state index in [-0.39, 0.29) is 5.91 Å². The maximum Gasteiger partial charge on any atom is 0.266 e. The Morgan fingerprint density at radius 3 is 2.67 bits per heavy atom. The molecule has 1 aliphatic rings. The van der Waals surface area contributed by atoms with Crippen LogP contribution in [0.1, 0.15) is 5.56 Å². The van der Waals surface area contributed by atoms with Crippen LogP contribution in [-0.4, -0.2) is 21.7 Å². The fourth-order valence-electron chi connectivity index (χ4n) is 1.50. The third-order valence-electron chi connectivity index (χ3n) is 2.35. The van der Waals surface area contributed by atoms with E-state index in [1.807, 2.05) is 30.3 Å². The van der Waals surface area contributed by atoms with E-state index < -0.39 is 0 Å². The summed E-state index contributed by atoms with van der Waals surface area (Å²) in [5.74, 6) is -0.0385. The van der Waals surface area contributed by atoms with Gasteiger partial charge in [-0.3, -0.25) is 9.69 Å². The molecule has 2 rings (SSSR count). The number of hydrogen-bond acceptors (Lipinski definition) is 3. The lowest BCUT2D eigenvalue weighted by molar-refractivity contribution is -0.121. The minimum atomic E-state index is -0.0385. The molecule has 1 aromatic rings. The predicted octanol–water partition coefficient (Wildman–Crippen LogP) is 3.68. The molecule has 5 heteroatoms. The predicted molar refractivity (Wildman–Crippen MR) is 89.2 cm³/mol. The molecule has 0 radical (unpaired) electrons. The molecule has 2 nitrogen and oxygen atoms in total. The maximum atomic E-state index is 12.1. The van der Waals surface area contributed by atoms with Crippen molar-refractivity contribution in [3.63, 3.8) is 0 Å². The molecule has 0 N–H and O–H groups in total. The topological polar surface area (TPSA) is 20.3 Å². The second-order valence-electron chi connectivity index (χ2n) is 3.63. The molecule has 0 bridgehead atoms. The first-order valence-corrected chi connectivity index (χ1v) is 7.54. The molecule has 0 atom stereocenters. The van der Waals surface area contributed by atoms with E-state index in [0.717, 1.165) is 5.56 Å². The van der Waals surface area contributed by atoms with Gasteiger partial charge in [-0.1, -0.05) is 42.2 Å². The normalized spacial score (nSPS) is 17.6. The van der Waals surface area contributed by atoms with Crippen LogP contribution in [0.2, 0.25) is 0 Å². The number of thiocarbonyl (C=S) groups is 1. The van der Waals surface area contributed by atoms with Crippen LogP contribution in [0.4, 0.5) is 0 Å². The lowest BCUT2D eigenvalue weighted by Crippen LogP contribution is -2.27. The van der Waals surface area contributed by atoms with Crippen molar-refractivity contribution in [2.75, 3.05) is 6.54 Å². The number of carbonyl (C=O) groups is 1. The number of amides is 1. The van der Waals surface area contributed by atoms with Gasteiger partial charge in [-0.15, -0.1) is 6.58 Å². The van der Waals surface area contributed by atoms with Crippen LogP contribution >= 0.6 is 46.6 Å². The number of carbonyl (C=O) groups excluding carboxylic acids is 1. The summed E-state index contributed by atoms with van der Waals surface area (Å²) < 4.78 is 1.76. The molecule has 0 saturated carbocycles. The average molecular weight is 387 g/mol. The second kappa shape index (κ2) is 5.99. The summed E-state index contributed by atoms with van der Waals surface area (Å²) in [4.78, 5) is 14.3. The van der Waals surface area contributed by atoms with Gasteiger partial charge < -0.3 is 0 Å². The molecule has 0 spiro atoms. The van der Waals surface area contributed by atoms with Gasteiger partial charge in [0.25, 0.3) is 5.91 Å². The van der Waals surface area contributed by atoms with Gasteiger partial charge in [-0.05, 0) is 46.4 Å². The van der Waals surface area contributed by atoms with E-state index in [1.165, 1.54) is 15.3 Å². The summed E-state index contributed by atoms with van der Waals surface area (Å²) >= 11 is 8.77. The van der Waals surface area contributed by atoms with Gasteiger partial charge in [-0.2, -0.15) is 0 Å². The van der Waals surface area contributed by atoms with Crippen LogP contribution in [0.25, 0.3) is 6.08 Å². The van der Waals surface area contributed by atoms with E-state index in [9.17, 15) is 4.79 Å². The van der Waals surface area contributed by atoms with Crippen LogP contribution < -0.4 is 0 Å². The van der Waals surface area contributed by atoms with Crippen LogP contribution in [0.5, 0.6) is 0 Å². The fraction of sp³-hybridized carbons (Fsp3) is 0.0769. The first-order chi connectivity index (χ1) is 8.61. The number of rotatable bonds is 3. The van der Waals surface area contributed by atoms with Crippen LogP contribution in [-0.2, 0) is 4.79 Å². The molecule has 0 aliphatic carbocycles. The summed E-state index contributed by atoms with van der Waals surface area (Å²) in [7, 11) is 0. The Bertz CT molecular complexity index is 536. The van der Waals surface area contributed by atoms with Crippen molar-refractivity contribution in [2.24, 2.45) is 0 Å². The molecule has 1 aromatic carbocycles. The van der Waals surface area contributed by atoms with Gasteiger partial charge in [0.05, 0.1) is 4.91 Å². The van der Waals surface area contributed by atoms with E-state index in [2.05, 4.69) is 29.2 Å². The smallest absolute Gasteiger partial charge is 0.266 e. The van der Waals surface area contributed by atoms with Crippen LogP contribution in [0.3, 0.4) is 0 Å². The molecular weight excluding hydrogens is 377 g/mol. The van der Waals surface area contributed by atoms with Crippen molar-refractivity contribution in [3.8, 4) is 0 Å². The highest BCUT2D eigenvalue weighted by atomic mass is 127. The summed E-state index contributed by atoms with van der Waals surface area (Å²) in [5, 5.41) is 0. The third-order valence-corrected chi connectivity index (χ3v) is 4.45. The monoisotopic (exact) mass is 387 g/mol. The highest BCUT2D eigenvalue weighted by Crippen LogP contribution is 2.32. The first-order valence-electron chi connectivity index (χ1n) is 5.23. The van der Waals surface area contributed by atoms with Gasteiger partial charge in [0.2, 0.25) is 0 Å². The Balaban J connectivity index is 2.24. The number of nitrogens with zero attached hydrogens (tertiary/aromatic N) is 1. The number of halogens is 1. The Hall–Kier alpha value is -0.660. The van der Waals surface area contributed by atoms with Gasteiger partial charge in [0.15, 0.2) is 0 Å². The zero-order valence-corrected chi connectivity index (χ0v) is 13.2. The summed E-state index contributed by atoms with van der Waals surface area (Å²) in [6.45, 7) is 4.10. The molecule has 1 fully saturated rings. The molecule has 92 valence electrons. The fourth-order valence-corrected chi connectivity index (χ4v) is 3.13. The van der Waals surface area contributed by atoms with Crippen molar-refractivity contribution in [3.05, 3.63) is 51.0 Å². The summed E-state index contributed by atoms with van der Waals surface area (Å²) in [6, 6.07) is 8.00. The van der Waals surface area contributed by atoms with Crippen LogP contribution in [0, 0.1) is 3.57 Å². The SMILES string of the molecule is C=CCN1C(=O)/C(=C/c2ccc(I)cc2)SC1=S. The second-order valence-corrected chi connectivity index (χ2v) is 6.55. The lowest BCUT2D eigenvalue weighted by atomic mass is 10.2. The highest BCUT2D eigenvalue weighted by Gasteiger charge is 2.30. The largest absolute Gasteiger partial charge is 0.289 e. The van der Waals surface area contributed by atoms with Crippen molar-refractivity contribution < 1.29 is 4.79 Å². The standard InChI is InChI=1S/C13H10INOS2/c1-2-7-15-12(16)11(18-13(15)17)8-9-3-5-10(14)6-4-9/h2-6,8H,1,7H2/b11-8-. The Morgan fingerprint density at radius 1 is 1.39 bits per heavy atom. The van der Waals surface area contributed by atoms with Crippen molar-refractivity contribution in [1.29, 1.82) is 0 Å². The molecule has 1 aliphatic heterocycles. The molecule has 1 saturated heterocycles. The average Bonchev–Trinajstić information content (AvgIpc) is 2.60. The number of hydrogen-bond donors (Lipinski definition) is 0. The zero-order valence-electron chi connectivity index (χ0n) is 9.43. The molecule has 0 unspecified atom stereocenters. The molecule has 1 heterocycles. The Morgan fingerprint density at radius 2 is 2.06 bits per heavy atom. The maximum absolute atomic E-state index is 12.1. The Labute approximate surface area is 129 Å². The molecule has 1 amide bonds. The van der Waals surface area contributed by atoms with Gasteiger partial charge in [-0.25, -0.2) is 0 Å². The van der Waals surface area contributed by atoms with Gasteiger partial charge >= 0.3 is 0 Å². The van der Waals surface area contributed by atoms with Gasteiger partial charge in [0, 0.05) is 10.1 Å². The van der Waals surface area contributed by atoms with Crippen LogP contribution in [0.15, 0.2) is 41.8 Å². The quantitative estimate of drug-likeness (QED) is 0.342. The minimum Gasteiger partial charge on any atom is -0.289 e. The molecule has 18 heavy (non-hydrogen) atoms. The lowest BCUT2D eigenvalue weighted by Gasteiger charge is -2.10. The first kappa shape index (κ1) is 13.8. The summed E-state index contributed by atoms with van der Waals surface area (Å²) in [5.41, 5.74) is 1.01. The molecular formula is C13H10INOS2. The zero-order chi connectivity index (χ0) is 13.1. The van der Waals surface area contributed by atoms with Crippen molar-refractivity contribution in [1.82, 2.24) is 4.90 Å². The third kappa shape index (κ3) is 3.02. The van der Waals surface area contributed by atoms with E-state index in [1.54, 1.807) is 11.0 Å². The van der Waals surface area contributed by atoms with E-state index in [4.69, 9.17) is 12.2 Å². The minimum absolute atomic E-state index is 0.0385. The summed E-state index contributed by atoms with van der Waals surface area (Å²) in [6.07, 6.45) is 3.55. The van der Waals surface area contributed by atoms with E-state index in [0.29, 0.717) is 15.8 Å². The van der Waals surface area contributed by atoms with Crippen molar-refractivity contribution in [2.45, 2.75) is 0 Å². The highest BCUT2D eigenvalue weighted by molar-refractivity contribution is 14.1. The van der Waals surface area contributed by atoms with Crippen molar-refractivity contribution >= 4 is 62.9 Å². The molecule has 0 aromatic heterocycles. The van der Waals surface area contributed by atoms with Gasteiger partial charge in [0.1, 0.15) is 4.32 Å². The van der Waals surface area contributed by atoms with E-state index >= 15 is 0 Å². The number of benzene rings is 1. The number of thioether (sulfide) groups is 1. The Kier molecular flexibility index (Phi) is 4.58.